The van der Waals surface area contributed by atoms with Gasteiger partial charge in [-0.2, -0.15) is 0 Å². The largest absolute Gasteiger partial charge is 0.493 e. The van der Waals surface area contributed by atoms with E-state index in [-0.39, 0.29) is 18.1 Å². The van der Waals surface area contributed by atoms with Crippen LogP contribution in [0.3, 0.4) is 0 Å². The summed E-state index contributed by atoms with van der Waals surface area (Å²) < 4.78 is 42.0. The van der Waals surface area contributed by atoms with E-state index in [4.69, 9.17) is 23.7 Å². The third kappa shape index (κ3) is 2.72. The van der Waals surface area contributed by atoms with E-state index < -0.39 is 6.10 Å². The van der Waals surface area contributed by atoms with Gasteiger partial charge in [-0.25, -0.2) is 4.39 Å². The molecule has 0 radical (unpaired) electrons. The zero-order valence-corrected chi connectivity index (χ0v) is 17.0. The number of benzene rings is 2. The van der Waals surface area contributed by atoms with Crippen LogP contribution in [0.5, 0.6) is 28.7 Å². The maximum atomic E-state index is 13.0. The summed E-state index contributed by atoms with van der Waals surface area (Å²) in [5.41, 5.74) is 2.89. The zero-order valence-electron chi connectivity index (χ0n) is 17.0. The summed E-state index contributed by atoms with van der Waals surface area (Å²) in [7, 11) is 3.14. The minimum atomic E-state index is -0.790. The molecule has 30 heavy (non-hydrogen) atoms. The van der Waals surface area contributed by atoms with E-state index in [1.807, 2.05) is 18.2 Å². The van der Waals surface area contributed by atoms with Crippen LogP contribution in [-0.4, -0.2) is 38.1 Å². The molecule has 4 atom stereocenters. The Kier molecular flexibility index (Phi) is 4.50. The standard InChI is InChI=1S/C23H23FO6/c1-11(9-24)16-7-14-15(29-16)5-4-12-22(25)21-13-6-18(26-2)19(27-3)8-17(13)28-10-20(21)30-23(12)14/h4-6,8-9,16,20-22,25H,7,10H2,1-3H3/b11-9+/t16-,20?,21?,22?/m0/s1. The summed E-state index contributed by atoms with van der Waals surface area (Å²) in [4.78, 5) is 0. The fraction of sp³-hybridized carbons (Fsp3) is 0.391. The van der Waals surface area contributed by atoms with Gasteiger partial charge in [0.05, 0.1) is 32.6 Å². The van der Waals surface area contributed by atoms with Crippen LogP contribution in [-0.2, 0) is 6.42 Å². The van der Waals surface area contributed by atoms with Crippen LogP contribution in [0.25, 0.3) is 0 Å². The van der Waals surface area contributed by atoms with Crippen molar-refractivity contribution in [2.75, 3.05) is 20.8 Å². The minimum Gasteiger partial charge on any atom is -0.493 e. The predicted molar refractivity (Wildman–Crippen MR) is 107 cm³/mol. The summed E-state index contributed by atoms with van der Waals surface area (Å²) in [6, 6.07) is 7.26. The molecule has 7 heteroatoms. The molecule has 3 heterocycles. The SMILES string of the molecule is COc1cc2c(cc1OC)C1C(CO2)Oc2c(ccc3c2C[C@@H](/C(C)=C/F)O3)C1O. The Morgan fingerprint density at radius 1 is 1.10 bits per heavy atom. The van der Waals surface area contributed by atoms with Gasteiger partial charge >= 0.3 is 0 Å². The van der Waals surface area contributed by atoms with Gasteiger partial charge in [0.25, 0.3) is 0 Å². The number of halogens is 1. The van der Waals surface area contributed by atoms with E-state index in [0.29, 0.717) is 59.2 Å². The normalized spacial score (nSPS) is 26.2. The van der Waals surface area contributed by atoms with Gasteiger partial charge in [0.2, 0.25) is 0 Å². The van der Waals surface area contributed by atoms with Gasteiger partial charge in [-0.1, -0.05) is 0 Å². The van der Waals surface area contributed by atoms with Crippen molar-refractivity contribution in [1.82, 2.24) is 0 Å². The smallest absolute Gasteiger partial charge is 0.164 e. The number of hydrogen-bond donors (Lipinski definition) is 1. The molecule has 3 aliphatic heterocycles. The first-order valence-corrected chi connectivity index (χ1v) is 9.88. The third-order valence-electron chi connectivity index (χ3n) is 6.19. The molecular formula is C23H23FO6. The number of aliphatic hydroxyl groups excluding tert-OH is 1. The number of rotatable bonds is 3. The van der Waals surface area contributed by atoms with Crippen molar-refractivity contribution < 1.29 is 33.2 Å². The molecule has 0 aromatic heterocycles. The number of ether oxygens (including phenoxy) is 5. The highest BCUT2D eigenvalue weighted by Crippen LogP contribution is 2.53. The first kappa shape index (κ1) is 19.1. The molecule has 6 nitrogen and oxygen atoms in total. The zero-order chi connectivity index (χ0) is 21.0. The monoisotopic (exact) mass is 414 g/mol. The van der Waals surface area contributed by atoms with Crippen molar-refractivity contribution in [2.24, 2.45) is 0 Å². The maximum absolute atomic E-state index is 13.0. The molecule has 158 valence electrons. The second kappa shape index (κ2) is 7.09. The summed E-state index contributed by atoms with van der Waals surface area (Å²) in [5, 5.41) is 11.3. The Hall–Kier alpha value is -2.93. The Labute approximate surface area is 173 Å². The summed E-state index contributed by atoms with van der Waals surface area (Å²) in [6.07, 6.45) is -0.460. The average molecular weight is 414 g/mol. The highest BCUT2D eigenvalue weighted by Gasteiger charge is 2.45. The molecule has 5 rings (SSSR count). The molecule has 0 amide bonds. The van der Waals surface area contributed by atoms with Gasteiger partial charge in [-0.05, 0) is 30.7 Å². The van der Waals surface area contributed by atoms with Gasteiger partial charge in [-0.3, -0.25) is 0 Å². The van der Waals surface area contributed by atoms with Crippen LogP contribution >= 0.6 is 0 Å². The summed E-state index contributed by atoms with van der Waals surface area (Å²) in [5.74, 6) is 2.74. The van der Waals surface area contributed by atoms with Crippen molar-refractivity contribution >= 4 is 0 Å². The van der Waals surface area contributed by atoms with Gasteiger partial charge in [0.15, 0.2) is 11.5 Å². The van der Waals surface area contributed by atoms with Crippen molar-refractivity contribution in [2.45, 2.75) is 37.6 Å². The van der Waals surface area contributed by atoms with Crippen molar-refractivity contribution in [1.29, 1.82) is 0 Å². The van der Waals surface area contributed by atoms with Crippen molar-refractivity contribution in [3.8, 4) is 28.7 Å². The molecule has 0 saturated carbocycles. The molecular weight excluding hydrogens is 391 g/mol. The van der Waals surface area contributed by atoms with Gasteiger partial charge < -0.3 is 28.8 Å². The van der Waals surface area contributed by atoms with E-state index in [9.17, 15) is 9.50 Å². The van der Waals surface area contributed by atoms with Crippen LogP contribution in [0.1, 0.15) is 35.6 Å². The molecule has 0 fully saturated rings. The van der Waals surface area contributed by atoms with Crippen molar-refractivity contribution in [3.05, 3.63) is 52.9 Å². The number of aliphatic hydroxyl groups is 1. The lowest BCUT2D eigenvalue weighted by atomic mass is 9.80. The Balaban J connectivity index is 1.55. The van der Waals surface area contributed by atoms with E-state index in [2.05, 4.69) is 0 Å². The van der Waals surface area contributed by atoms with Crippen LogP contribution in [0.2, 0.25) is 0 Å². The second-order valence-corrected chi connectivity index (χ2v) is 7.81. The number of fused-ring (bicyclic) bond motifs is 6. The molecule has 3 aliphatic rings. The summed E-state index contributed by atoms with van der Waals surface area (Å²) in [6.45, 7) is 1.99. The van der Waals surface area contributed by atoms with Crippen LogP contribution < -0.4 is 23.7 Å². The van der Waals surface area contributed by atoms with Crippen molar-refractivity contribution in [3.63, 3.8) is 0 Å². The first-order chi connectivity index (χ1) is 14.5. The number of methoxy groups -OCH3 is 2. The lowest BCUT2D eigenvalue weighted by Gasteiger charge is -2.41. The molecule has 0 bridgehead atoms. The highest BCUT2D eigenvalue weighted by atomic mass is 19.1. The van der Waals surface area contributed by atoms with E-state index in [1.165, 1.54) is 0 Å². The Morgan fingerprint density at radius 2 is 1.87 bits per heavy atom. The lowest BCUT2D eigenvalue weighted by molar-refractivity contribution is 0.000791. The Morgan fingerprint density at radius 3 is 2.60 bits per heavy atom. The minimum absolute atomic E-state index is 0.293. The van der Waals surface area contributed by atoms with Crippen LogP contribution in [0, 0.1) is 0 Å². The van der Waals surface area contributed by atoms with E-state index >= 15 is 0 Å². The predicted octanol–water partition coefficient (Wildman–Crippen LogP) is 3.85. The average Bonchev–Trinajstić information content (AvgIpc) is 3.22. The molecule has 0 saturated heterocycles. The fourth-order valence-electron chi connectivity index (χ4n) is 4.57. The van der Waals surface area contributed by atoms with Gasteiger partial charge in [0, 0.05) is 29.2 Å². The van der Waals surface area contributed by atoms with E-state index in [0.717, 1.165) is 11.1 Å². The van der Waals surface area contributed by atoms with E-state index in [1.54, 1.807) is 27.2 Å². The molecule has 0 spiro atoms. The molecule has 2 aromatic rings. The van der Waals surface area contributed by atoms with Crippen LogP contribution in [0.15, 0.2) is 36.2 Å². The molecule has 2 aromatic carbocycles. The molecule has 1 N–H and O–H groups in total. The van der Waals surface area contributed by atoms with Crippen LogP contribution in [0.4, 0.5) is 4.39 Å². The quantitative estimate of drug-likeness (QED) is 0.823. The summed E-state index contributed by atoms with van der Waals surface area (Å²) >= 11 is 0. The molecule has 0 aliphatic carbocycles. The third-order valence-corrected chi connectivity index (χ3v) is 6.19. The maximum Gasteiger partial charge on any atom is 0.164 e. The second-order valence-electron chi connectivity index (χ2n) is 7.81. The Bertz CT molecular complexity index is 1030. The van der Waals surface area contributed by atoms with Gasteiger partial charge in [-0.15, -0.1) is 0 Å². The topological polar surface area (TPSA) is 66.4 Å². The fourth-order valence-corrected chi connectivity index (χ4v) is 4.57. The first-order valence-electron chi connectivity index (χ1n) is 9.88. The lowest BCUT2D eigenvalue weighted by Crippen LogP contribution is -2.42. The highest BCUT2D eigenvalue weighted by molar-refractivity contribution is 5.59. The van der Waals surface area contributed by atoms with Gasteiger partial charge in [0.1, 0.15) is 36.1 Å². The molecule has 3 unspecified atom stereocenters. The number of hydrogen-bond acceptors (Lipinski definition) is 6.